The SMILES string of the molecule is C=C(C)C(Cl)CCC(C)=CCO.CC(=O)O. The Balaban J connectivity index is 0. The molecule has 0 aromatic carbocycles. The summed E-state index contributed by atoms with van der Waals surface area (Å²) in [4.78, 5) is 9.00. The minimum Gasteiger partial charge on any atom is -0.481 e. The summed E-state index contributed by atoms with van der Waals surface area (Å²) in [5.41, 5.74) is 2.19. The smallest absolute Gasteiger partial charge is 0.300 e. The second-order valence-corrected chi connectivity index (χ2v) is 4.13. The van der Waals surface area contributed by atoms with Gasteiger partial charge in [0.05, 0.1) is 12.0 Å². The Morgan fingerprint density at radius 3 is 2.19 bits per heavy atom. The zero-order chi connectivity index (χ0) is 13.1. The fraction of sp³-hybridized carbons (Fsp3) is 0.583. The van der Waals surface area contributed by atoms with Crippen LogP contribution in [0.2, 0.25) is 0 Å². The van der Waals surface area contributed by atoms with Crippen molar-refractivity contribution in [1.82, 2.24) is 0 Å². The molecular formula is C12H21ClO3. The number of aliphatic hydroxyl groups is 1. The zero-order valence-corrected chi connectivity index (χ0v) is 10.9. The van der Waals surface area contributed by atoms with Crippen LogP contribution in [0.25, 0.3) is 0 Å². The average Bonchev–Trinajstić information content (AvgIpc) is 2.13. The molecule has 2 N–H and O–H groups in total. The maximum absolute atomic E-state index is 9.00. The van der Waals surface area contributed by atoms with E-state index in [1.165, 1.54) is 5.57 Å². The molecule has 0 aromatic rings. The van der Waals surface area contributed by atoms with Gasteiger partial charge in [-0.25, -0.2) is 0 Å². The van der Waals surface area contributed by atoms with Gasteiger partial charge in [-0.3, -0.25) is 4.79 Å². The van der Waals surface area contributed by atoms with Gasteiger partial charge >= 0.3 is 0 Å². The van der Waals surface area contributed by atoms with E-state index >= 15 is 0 Å². The first-order valence-electron chi connectivity index (χ1n) is 5.06. The summed E-state index contributed by atoms with van der Waals surface area (Å²) in [7, 11) is 0. The third kappa shape index (κ3) is 15.7. The molecule has 0 heterocycles. The first-order chi connectivity index (χ1) is 7.31. The summed E-state index contributed by atoms with van der Waals surface area (Å²) in [5.74, 6) is -0.833. The molecule has 0 rings (SSSR count). The van der Waals surface area contributed by atoms with Crippen molar-refractivity contribution >= 4 is 17.6 Å². The molecule has 0 aliphatic carbocycles. The van der Waals surface area contributed by atoms with Gasteiger partial charge in [0.15, 0.2) is 0 Å². The number of carboxylic acid groups (broad SMARTS) is 1. The van der Waals surface area contributed by atoms with Crippen LogP contribution < -0.4 is 0 Å². The molecule has 0 fully saturated rings. The highest BCUT2D eigenvalue weighted by Crippen LogP contribution is 2.16. The van der Waals surface area contributed by atoms with Crippen molar-refractivity contribution in [2.24, 2.45) is 0 Å². The Morgan fingerprint density at radius 2 is 1.88 bits per heavy atom. The number of allylic oxidation sites excluding steroid dienone is 2. The van der Waals surface area contributed by atoms with Crippen molar-refractivity contribution < 1.29 is 15.0 Å². The minimum absolute atomic E-state index is 0.0621. The monoisotopic (exact) mass is 248 g/mol. The lowest BCUT2D eigenvalue weighted by Gasteiger charge is -2.08. The molecule has 4 heteroatoms. The van der Waals surface area contributed by atoms with Crippen molar-refractivity contribution in [3.05, 3.63) is 23.8 Å². The maximum Gasteiger partial charge on any atom is 0.300 e. The van der Waals surface area contributed by atoms with E-state index in [0.29, 0.717) is 0 Å². The molecule has 0 aliphatic rings. The van der Waals surface area contributed by atoms with Crippen LogP contribution in [0, 0.1) is 0 Å². The van der Waals surface area contributed by atoms with E-state index < -0.39 is 5.97 Å². The van der Waals surface area contributed by atoms with Gasteiger partial charge in [0.25, 0.3) is 5.97 Å². The summed E-state index contributed by atoms with van der Waals surface area (Å²) in [6.07, 6.45) is 3.64. The van der Waals surface area contributed by atoms with E-state index in [0.717, 1.165) is 25.3 Å². The largest absolute Gasteiger partial charge is 0.481 e. The summed E-state index contributed by atoms with van der Waals surface area (Å²) in [5, 5.41) is 16.1. The number of rotatable bonds is 5. The van der Waals surface area contributed by atoms with Crippen molar-refractivity contribution in [2.45, 2.75) is 39.0 Å². The summed E-state index contributed by atoms with van der Waals surface area (Å²) in [6.45, 7) is 8.91. The Kier molecular flexibility index (Phi) is 11.8. The van der Waals surface area contributed by atoms with Crippen molar-refractivity contribution in [2.75, 3.05) is 6.61 Å². The topological polar surface area (TPSA) is 57.5 Å². The lowest BCUT2D eigenvalue weighted by molar-refractivity contribution is -0.134. The first kappa shape index (κ1) is 17.6. The average molecular weight is 249 g/mol. The van der Waals surface area contributed by atoms with Gasteiger partial charge in [0.2, 0.25) is 0 Å². The molecule has 1 atom stereocenters. The molecule has 0 amide bonds. The Labute approximate surface area is 102 Å². The van der Waals surface area contributed by atoms with Crippen LogP contribution in [0.1, 0.15) is 33.6 Å². The lowest BCUT2D eigenvalue weighted by Crippen LogP contribution is -1.99. The van der Waals surface area contributed by atoms with Crippen LogP contribution in [0.4, 0.5) is 0 Å². The highest BCUT2D eigenvalue weighted by molar-refractivity contribution is 6.22. The van der Waals surface area contributed by atoms with E-state index in [2.05, 4.69) is 6.58 Å². The third-order valence-corrected chi connectivity index (χ3v) is 2.36. The van der Waals surface area contributed by atoms with Gasteiger partial charge < -0.3 is 10.2 Å². The number of carbonyl (C=O) groups is 1. The van der Waals surface area contributed by atoms with Crippen LogP contribution >= 0.6 is 11.6 Å². The Bertz CT molecular complexity index is 243. The number of halogens is 1. The van der Waals surface area contributed by atoms with Crippen molar-refractivity contribution in [3.63, 3.8) is 0 Å². The lowest BCUT2D eigenvalue weighted by atomic mass is 10.1. The summed E-state index contributed by atoms with van der Waals surface area (Å²) in [6, 6.07) is 0. The van der Waals surface area contributed by atoms with Gasteiger partial charge in [0, 0.05) is 6.92 Å². The van der Waals surface area contributed by atoms with E-state index in [4.69, 9.17) is 26.6 Å². The summed E-state index contributed by atoms with van der Waals surface area (Å²) >= 11 is 5.97. The molecule has 0 saturated heterocycles. The molecular weight excluding hydrogens is 228 g/mol. The predicted molar refractivity (Wildman–Crippen MR) is 67.8 cm³/mol. The number of hydrogen-bond donors (Lipinski definition) is 2. The molecule has 16 heavy (non-hydrogen) atoms. The van der Waals surface area contributed by atoms with Crippen molar-refractivity contribution in [1.29, 1.82) is 0 Å². The minimum atomic E-state index is -0.833. The first-order valence-corrected chi connectivity index (χ1v) is 5.50. The molecule has 94 valence electrons. The van der Waals surface area contributed by atoms with Gasteiger partial charge in [0.1, 0.15) is 0 Å². The maximum atomic E-state index is 9.00. The molecule has 3 nitrogen and oxygen atoms in total. The zero-order valence-electron chi connectivity index (χ0n) is 10.2. The number of aliphatic carboxylic acids is 1. The number of hydrogen-bond acceptors (Lipinski definition) is 2. The molecule has 0 saturated carbocycles. The van der Waals surface area contributed by atoms with Crippen LogP contribution in [-0.4, -0.2) is 28.2 Å². The number of carboxylic acids is 1. The molecule has 0 aliphatic heterocycles. The van der Waals surface area contributed by atoms with Gasteiger partial charge in [-0.05, 0) is 26.7 Å². The fourth-order valence-electron chi connectivity index (χ4n) is 0.859. The van der Waals surface area contributed by atoms with E-state index in [1.807, 2.05) is 19.9 Å². The quantitative estimate of drug-likeness (QED) is 0.581. The number of alkyl halides is 1. The second kappa shape index (κ2) is 10.7. The standard InChI is InChI=1S/C10H17ClO.C2H4O2/c1-8(2)10(11)5-4-9(3)6-7-12;1-2(3)4/h6,10,12H,1,4-5,7H2,2-3H3;1H3,(H,3,4). The Morgan fingerprint density at radius 1 is 1.44 bits per heavy atom. The second-order valence-electron chi connectivity index (χ2n) is 3.60. The molecule has 0 spiro atoms. The van der Waals surface area contributed by atoms with E-state index in [9.17, 15) is 0 Å². The van der Waals surface area contributed by atoms with E-state index in [1.54, 1.807) is 0 Å². The van der Waals surface area contributed by atoms with Gasteiger partial charge in [-0.1, -0.05) is 23.8 Å². The van der Waals surface area contributed by atoms with Gasteiger partial charge in [-0.15, -0.1) is 11.6 Å². The Hall–Kier alpha value is -0.800. The molecule has 0 bridgehead atoms. The highest BCUT2D eigenvalue weighted by atomic mass is 35.5. The van der Waals surface area contributed by atoms with Crippen LogP contribution in [0.15, 0.2) is 23.8 Å². The summed E-state index contributed by atoms with van der Waals surface area (Å²) < 4.78 is 0. The van der Waals surface area contributed by atoms with Crippen molar-refractivity contribution in [3.8, 4) is 0 Å². The fourth-order valence-corrected chi connectivity index (χ4v) is 0.968. The van der Waals surface area contributed by atoms with E-state index in [-0.39, 0.29) is 12.0 Å². The highest BCUT2D eigenvalue weighted by Gasteiger charge is 2.04. The van der Waals surface area contributed by atoms with Crippen LogP contribution in [-0.2, 0) is 4.79 Å². The molecule has 1 unspecified atom stereocenters. The van der Waals surface area contributed by atoms with Gasteiger partial charge in [-0.2, -0.15) is 0 Å². The van der Waals surface area contributed by atoms with Crippen LogP contribution in [0.3, 0.4) is 0 Å². The predicted octanol–water partition coefficient (Wildman–Crippen LogP) is 2.98. The van der Waals surface area contributed by atoms with Crippen LogP contribution in [0.5, 0.6) is 0 Å². The molecule has 0 radical (unpaired) electrons. The third-order valence-electron chi connectivity index (χ3n) is 1.77. The molecule has 0 aromatic heterocycles. The normalized spacial score (nSPS) is 12.4. The number of aliphatic hydroxyl groups excluding tert-OH is 1.